The lowest BCUT2D eigenvalue weighted by Gasteiger charge is -2.20. The maximum absolute atomic E-state index is 12.2. The number of hydrogen-bond donors (Lipinski definition) is 1. The van der Waals surface area contributed by atoms with Crippen LogP contribution in [0.25, 0.3) is 11.0 Å². The van der Waals surface area contributed by atoms with Crippen molar-refractivity contribution in [2.75, 3.05) is 12.4 Å². The molecule has 22 heavy (non-hydrogen) atoms. The van der Waals surface area contributed by atoms with Crippen LogP contribution in [-0.4, -0.2) is 42.5 Å². The summed E-state index contributed by atoms with van der Waals surface area (Å²) in [5, 5.41) is 0. The molecule has 1 saturated heterocycles. The second-order valence-electron chi connectivity index (χ2n) is 5.70. The van der Waals surface area contributed by atoms with Gasteiger partial charge in [-0.25, -0.2) is 18.1 Å². The highest BCUT2D eigenvalue weighted by atomic mass is 32.2. The lowest BCUT2D eigenvalue weighted by molar-refractivity contribution is 0.0902. The van der Waals surface area contributed by atoms with Gasteiger partial charge in [-0.2, -0.15) is 0 Å². The molecule has 1 aliphatic rings. The van der Waals surface area contributed by atoms with Crippen LogP contribution in [0.5, 0.6) is 0 Å². The highest BCUT2D eigenvalue weighted by molar-refractivity contribution is 7.89. The highest BCUT2D eigenvalue weighted by Gasteiger charge is 2.26. The number of nitrogens with one attached hydrogen (secondary N) is 1. The Kier molecular flexibility index (Phi) is 4.46. The van der Waals surface area contributed by atoms with Gasteiger partial charge in [0.05, 0.1) is 29.2 Å². The minimum Gasteiger partial charge on any atom is -0.377 e. The van der Waals surface area contributed by atoms with Gasteiger partial charge in [0.25, 0.3) is 0 Å². The topological polar surface area (TPSA) is 73.2 Å². The third-order valence-corrected chi connectivity index (χ3v) is 5.47. The Balaban J connectivity index is 1.62. The van der Waals surface area contributed by atoms with E-state index in [1.165, 1.54) is 0 Å². The number of hydrogen-bond acceptors (Lipinski definition) is 4. The molecule has 0 spiro atoms. The van der Waals surface area contributed by atoms with E-state index < -0.39 is 10.0 Å². The van der Waals surface area contributed by atoms with E-state index >= 15 is 0 Å². The molecule has 0 radical (unpaired) electrons. The van der Waals surface area contributed by atoms with Gasteiger partial charge >= 0.3 is 0 Å². The van der Waals surface area contributed by atoms with Crippen molar-refractivity contribution in [2.45, 2.75) is 38.5 Å². The summed E-state index contributed by atoms with van der Waals surface area (Å²) in [4.78, 5) is 4.27. The molecule has 1 fully saturated rings. The van der Waals surface area contributed by atoms with Crippen molar-refractivity contribution >= 4 is 21.1 Å². The molecule has 1 aromatic heterocycles. The number of rotatable bonds is 6. The summed E-state index contributed by atoms with van der Waals surface area (Å²) in [6.07, 6.45) is 3.58. The smallest absolute Gasteiger partial charge is 0.213 e. The summed E-state index contributed by atoms with van der Waals surface area (Å²) in [6.45, 7) is 2.96. The van der Waals surface area contributed by atoms with Crippen LogP contribution in [0.1, 0.15) is 19.8 Å². The molecule has 0 saturated carbocycles. The summed E-state index contributed by atoms with van der Waals surface area (Å²) in [5.41, 5.74) is 1.82. The van der Waals surface area contributed by atoms with Gasteiger partial charge in [-0.15, -0.1) is 0 Å². The lowest BCUT2D eigenvalue weighted by atomic mass is 10.1. The van der Waals surface area contributed by atoms with Crippen LogP contribution in [0.2, 0.25) is 0 Å². The van der Waals surface area contributed by atoms with E-state index in [4.69, 9.17) is 4.74 Å². The third kappa shape index (κ3) is 3.48. The van der Waals surface area contributed by atoms with Crippen molar-refractivity contribution in [3.05, 3.63) is 30.6 Å². The first-order valence-corrected chi connectivity index (χ1v) is 9.22. The fourth-order valence-corrected chi connectivity index (χ4v) is 4.10. The quantitative estimate of drug-likeness (QED) is 0.875. The first-order chi connectivity index (χ1) is 10.6. The van der Waals surface area contributed by atoms with E-state index in [0.29, 0.717) is 6.54 Å². The minimum absolute atomic E-state index is 0.0103. The zero-order chi connectivity index (χ0) is 15.6. The van der Waals surface area contributed by atoms with Crippen LogP contribution in [0.15, 0.2) is 30.6 Å². The predicted octanol–water partition coefficient (Wildman–Crippen LogP) is 1.52. The average molecular weight is 323 g/mol. The van der Waals surface area contributed by atoms with Gasteiger partial charge in [0.1, 0.15) is 0 Å². The second-order valence-corrected chi connectivity index (χ2v) is 7.58. The summed E-state index contributed by atoms with van der Waals surface area (Å²) in [7, 11) is -3.34. The maximum atomic E-state index is 12.2. The van der Waals surface area contributed by atoms with E-state index in [9.17, 15) is 8.42 Å². The molecule has 6 nitrogen and oxygen atoms in total. The number of imidazole rings is 1. The summed E-state index contributed by atoms with van der Waals surface area (Å²) in [6, 6.07) is 7.51. The molecule has 1 aromatic carbocycles. The molecule has 0 amide bonds. The van der Waals surface area contributed by atoms with Crippen LogP contribution in [0.4, 0.5) is 0 Å². The van der Waals surface area contributed by atoms with E-state index in [2.05, 4.69) is 9.71 Å². The highest BCUT2D eigenvalue weighted by Crippen LogP contribution is 2.16. The Bertz CT molecular complexity index is 735. The molecule has 3 rings (SSSR count). The standard InChI is InChI=1S/C15H21N3O3S/c1-12(15-7-4-9-21-15)17-22(19,20)10-8-18-11-16-13-5-2-3-6-14(13)18/h2-3,5-6,11-12,15,17H,4,7-10H2,1H3/t12-,15+/m0/s1. The molecule has 0 unspecified atom stereocenters. The van der Waals surface area contributed by atoms with Crippen LogP contribution in [-0.2, 0) is 21.3 Å². The van der Waals surface area contributed by atoms with E-state index in [1.807, 2.05) is 35.8 Å². The number of aromatic nitrogens is 2. The summed E-state index contributed by atoms with van der Waals surface area (Å²) in [5.74, 6) is 0.0322. The molecule has 7 heteroatoms. The molecule has 2 heterocycles. The third-order valence-electron chi connectivity index (χ3n) is 4.02. The number of ether oxygens (including phenoxy) is 1. The van der Waals surface area contributed by atoms with Gasteiger partial charge in [-0.05, 0) is 31.9 Å². The Morgan fingerprint density at radius 2 is 2.27 bits per heavy atom. The van der Waals surface area contributed by atoms with Gasteiger partial charge in [-0.3, -0.25) is 0 Å². The Hall–Kier alpha value is -1.44. The maximum Gasteiger partial charge on any atom is 0.213 e. The molecule has 2 aromatic rings. The van der Waals surface area contributed by atoms with Crippen molar-refractivity contribution in [3.8, 4) is 0 Å². The predicted molar refractivity (Wildman–Crippen MR) is 85.1 cm³/mol. The average Bonchev–Trinajstić information content (AvgIpc) is 3.15. The number of fused-ring (bicyclic) bond motifs is 1. The first-order valence-electron chi connectivity index (χ1n) is 7.57. The second kappa shape index (κ2) is 6.36. The summed E-state index contributed by atoms with van der Waals surface area (Å²) < 4.78 is 34.6. The number of sulfonamides is 1. The Morgan fingerprint density at radius 1 is 1.45 bits per heavy atom. The van der Waals surface area contributed by atoms with Gasteiger partial charge in [0, 0.05) is 19.2 Å². The van der Waals surface area contributed by atoms with Crippen LogP contribution in [0, 0.1) is 0 Å². The fourth-order valence-electron chi connectivity index (χ4n) is 2.82. The lowest BCUT2D eigenvalue weighted by Crippen LogP contribution is -2.42. The first kappa shape index (κ1) is 15.5. The minimum atomic E-state index is -3.34. The number of benzene rings is 1. The Labute approximate surface area is 130 Å². The molecular weight excluding hydrogens is 302 g/mol. The van der Waals surface area contributed by atoms with E-state index in [1.54, 1.807) is 6.33 Å². The number of nitrogens with zero attached hydrogens (tertiary/aromatic N) is 2. The van der Waals surface area contributed by atoms with Crippen LogP contribution < -0.4 is 4.72 Å². The molecule has 2 atom stereocenters. The fraction of sp³-hybridized carbons (Fsp3) is 0.533. The zero-order valence-corrected chi connectivity index (χ0v) is 13.4. The number of para-hydroxylation sites is 2. The molecular formula is C15H21N3O3S. The number of aryl methyl sites for hydroxylation is 1. The summed E-state index contributed by atoms with van der Waals surface area (Å²) >= 11 is 0. The normalized spacial score (nSPS) is 20.5. The largest absolute Gasteiger partial charge is 0.377 e. The van der Waals surface area contributed by atoms with Crippen molar-refractivity contribution in [2.24, 2.45) is 0 Å². The van der Waals surface area contributed by atoms with Crippen LogP contribution in [0.3, 0.4) is 0 Å². The molecule has 0 bridgehead atoms. The van der Waals surface area contributed by atoms with Crippen LogP contribution >= 0.6 is 0 Å². The SMILES string of the molecule is C[C@H](NS(=O)(=O)CCn1cnc2ccccc21)[C@H]1CCCO1. The Morgan fingerprint density at radius 3 is 3.05 bits per heavy atom. The molecule has 0 aliphatic carbocycles. The molecule has 1 N–H and O–H groups in total. The molecule has 120 valence electrons. The van der Waals surface area contributed by atoms with E-state index in [-0.39, 0.29) is 17.9 Å². The van der Waals surface area contributed by atoms with Crippen molar-refractivity contribution < 1.29 is 13.2 Å². The van der Waals surface area contributed by atoms with Gasteiger partial charge in [0.2, 0.25) is 10.0 Å². The van der Waals surface area contributed by atoms with Gasteiger partial charge in [-0.1, -0.05) is 12.1 Å². The van der Waals surface area contributed by atoms with E-state index in [0.717, 1.165) is 30.5 Å². The van der Waals surface area contributed by atoms with Gasteiger partial charge < -0.3 is 9.30 Å². The van der Waals surface area contributed by atoms with Gasteiger partial charge in [0.15, 0.2) is 0 Å². The van der Waals surface area contributed by atoms with Crippen molar-refractivity contribution in [1.82, 2.24) is 14.3 Å². The zero-order valence-electron chi connectivity index (χ0n) is 12.6. The van der Waals surface area contributed by atoms with Crippen molar-refractivity contribution in [3.63, 3.8) is 0 Å². The van der Waals surface area contributed by atoms with Crippen molar-refractivity contribution in [1.29, 1.82) is 0 Å². The molecule has 1 aliphatic heterocycles. The monoisotopic (exact) mass is 323 g/mol.